The van der Waals surface area contributed by atoms with Gasteiger partial charge in [0.2, 0.25) is 5.91 Å². The van der Waals surface area contributed by atoms with E-state index in [2.05, 4.69) is 14.9 Å². The van der Waals surface area contributed by atoms with Crippen LogP contribution < -0.4 is 4.74 Å². The molecule has 2 saturated heterocycles. The molecule has 29 heavy (non-hydrogen) atoms. The summed E-state index contributed by atoms with van der Waals surface area (Å²) < 4.78 is 24.3. The summed E-state index contributed by atoms with van der Waals surface area (Å²) in [5.74, 6) is 1.15. The maximum atomic E-state index is 13.0. The van der Waals surface area contributed by atoms with Gasteiger partial charge in [-0.15, -0.1) is 0 Å². The van der Waals surface area contributed by atoms with Crippen LogP contribution in [-0.2, 0) is 16.1 Å². The molecule has 2 fully saturated rings. The zero-order valence-corrected chi connectivity index (χ0v) is 16.2. The van der Waals surface area contributed by atoms with Crippen molar-refractivity contribution in [3.63, 3.8) is 0 Å². The molecule has 2 aliphatic rings. The Hall–Kier alpha value is -2.58. The smallest absolute Gasteiger partial charge is 0.248 e. The summed E-state index contributed by atoms with van der Waals surface area (Å²) in [5.41, 5.74) is 0. The summed E-state index contributed by atoms with van der Waals surface area (Å²) >= 11 is 0. The number of aromatic nitrogens is 2. The fourth-order valence-corrected chi connectivity index (χ4v) is 3.82. The van der Waals surface area contributed by atoms with Gasteiger partial charge in [0.1, 0.15) is 36.7 Å². The number of piperidine rings is 1. The van der Waals surface area contributed by atoms with Crippen LogP contribution in [0.1, 0.15) is 18.7 Å². The van der Waals surface area contributed by atoms with Crippen molar-refractivity contribution in [2.24, 2.45) is 0 Å². The van der Waals surface area contributed by atoms with Gasteiger partial charge in [0.05, 0.1) is 13.1 Å². The molecule has 0 unspecified atom stereocenters. The van der Waals surface area contributed by atoms with Gasteiger partial charge in [0, 0.05) is 31.5 Å². The van der Waals surface area contributed by atoms with Crippen LogP contribution >= 0.6 is 0 Å². The highest BCUT2D eigenvalue weighted by atomic mass is 19.1. The lowest BCUT2D eigenvalue weighted by Gasteiger charge is -2.42. The van der Waals surface area contributed by atoms with Gasteiger partial charge in [0.25, 0.3) is 0 Å². The number of benzene rings is 1. The third kappa shape index (κ3) is 5.27. The quantitative estimate of drug-likeness (QED) is 0.738. The van der Waals surface area contributed by atoms with Crippen LogP contribution in [0.2, 0.25) is 0 Å². The minimum atomic E-state index is -0.298. The van der Waals surface area contributed by atoms with Crippen molar-refractivity contribution < 1.29 is 18.7 Å². The highest BCUT2D eigenvalue weighted by Gasteiger charge is 2.33. The second-order valence-corrected chi connectivity index (χ2v) is 7.42. The lowest BCUT2D eigenvalue weighted by molar-refractivity contribution is -0.155. The van der Waals surface area contributed by atoms with Crippen molar-refractivity contribution in [3.05, 3.63) is 54.4 Å². The van der Waals surface area contributed by atoms with E-state index in [1.165, 1.54) is 12.1 Å². The molecule has 2 aliphatic heterocycles. The fraction of sp³-hybridized carbons (Fsp3) is 0.476. The number of ether oxygens (including phenoxy) is 2. The Bertz CT molecular complexity index is 797. The Labute approximate surface area is 169 Å². The number of nitrogens with zero attached hydrogens (tertiary/aromatic N) is 4. The van der Waals surface area contributed by atoms with Crippen LogP contribution in [0.25, 0.3) is 0 Å². The van der Waals surface area contributed by atoms with Gasteiger partial charge in [-0.25, -0.2) is 14.4 Å². The zero-order chi connectivity index (χ0) is 20.1. The van der Waals surface area contributed by atoms with E-state index in [-0.39, 0.29) is 30.5 Å². The summed E-state index contributed by atoms with van der Waals surface area (Å²) in [6.45, 7) is 3.48. The second kappa shape index (κ2) is 9.28. The fourth-order valence-electron chi connectivity index (χ4n) is 3.82. The summed E-state index contributed by atoms with van der Waals surface area (Å²) in [5, 5.41) is 0. The number of hydrogen-bond donors (Lipinski definition) is 0. The number of hydrogen-bond acceptors (Lipinski definition) is 6. The predicted molar refractivity (Wildman–Crippen MR) is 104 cm³/mol. The molecule has 0 aliphatic carbocycles. The topological polar surface area (TPSA) is 67.8 Å². The molecule has 1 atom stereocenters. The van der Waals surface area contributed by atoms with E-state index < -0.39 is 0 Å². The first-order valence-corrected chi connectivity index (χ1v) is 9.95. The number of morpholine rings is 1. The summed E-state index contributed by atoms with van der Waals surface area (Å²) in [4.78, 5) is 25.2. The van der Waals surface area contributed by atoms with Crippen molar-refractivity contribution in [2.75, 3.05) is 32.8 Å². The van der Waals surface area contributed by atoms with Gasteiger partial charge >= 0.3 is 0 Å². The maximum Gasteiger partial charge on any atom is 0.248 e. The van der Waals surface area contributed by atoms with Gasteiger partial charge in [0.15, 0.2) is 0 Å². The first kappa shape index (κ1) is 19.7. The largest absolute Gasteiger partial charge is 0.491 e. The van der Waals surface area contributed by atoms with Gasteiger partial charge in [-0.3, -0.25) is 9.69 Å². The Morgan fingerprint density at radius 1 is 1.14 bits per heavy atom. The molecule has 1 amide bonds. The third-order valence-corrected chi connectivity index (χ3v) is 5.39. The molecule has 4 rings (SSSR count). The molecular formula is C21H25FN4O3. The molecule has 0 N–H and O–H groups in total. The molecule has 3 heterocycles. The van der Waals surface area contributed by atoms with Gasteiger partial charge in [-0.1, -0.05) is 0 Å². The maximum absolute atomic E-state index is 13.0. The summed E-state index contributed by atoms with van der Waals surface area (Å²) in [7, 11) is 0. The average Bonchev–Trinajstić information content (AvgIpc) is 2.76. The number of carbonyl (C=O) groups is 1. The second-order valence-electron chi connectivity index (χ2n) is 7.42. The monoisotopic (exact) mass is 400 g/mol. The summed E-state index contributed by atoms with van der Waals surface area (Å²) in [6, 6.07) is 7.94. The van der Waals surface area contributed by atoms with Crippen LogP contribution in [0.3, 0.4) is 0 Å². The number of carbonyl (C=O) groups excluding carboxylic acids is 1. The van der Waals surface area contributed by atoms with E-state index in [1.807, 2.05) is 11.0 Å². The molecule has 154 valence electrons. The SMILES string of the molecule is O=C1CO[C@@H](COc2ccc(F)cc2)CN1C1CCN(Cc2ncccn2)CC1. The zero-order valence-electron chi connectivity index (χ0n) is 16.2. The van der Waals surface area contributed by atoms with Crippen molar-refractivity contribution in [1.82, 2.24) is 19.8 Å². The van der Waals surface area contributed by atoms with Crippen molar-refractivity contribution in [3.8, 4) is 5.75 Å². The first-order chi connectivity index (χ1) is 14.2. The van der Waals surface area contributed by atoms with Crippen LogP contribution in [0.15, 0.2) is 42.7 Å². The van der Waals surface area contributed by atoms with E-state index >= 15 is 0 Å². The van der Waals surface area contributed by atoms with E-state index in [4.69, 9.17) is 9.47 Å². The third-order valence-electron chi connectivity index (χ3n) is 5.39. The number of likely N-dealkylation sites (tertiary alicyclic amines) is 1. The van der Waals surface area contributed by atoms with Crippen LogP contribution in [-0.4, -0.2) is 70.7 Å². The molecule has 0 radical (unpaired) electrons. The predicted octanol–water partition coefficient (Wildman–Crippen LogP) is 1.89. The Morgan fingerprint density at radius 3 is 2.59 bits per heavy atom. The van der Waals surface area contributed by atoms with Crippen molar-refractivity contribution in [2.45, 2.75) is 31.5 Å². The lowest BCUT2D eigenvalue weighted by Crippen LogP contribution is -2.55. The van der Waals surface area contributed by atoms with Crippen LogP contribution in [0, 0.1) is 5.82 Å². The standard InChI is InChI=1S/C21H25FN4O3/c22-16-2-4-18(5-3-16)28-14-19-12-26(21(27)15-29-19)17-6-10-25(11-7-17)13-20-23-8-1-9-24-20/h1-5,8-9,17,19H,6-7,10-15H2/t19-/m1/s1. The van der Waals surface area contributed by atoms with Crippen molar-refractivity contribution >= 4 is 5.91 Å². The van der Waals surface area contributed by atoms with E-state index in [0.29, 0.717) is 18.9 Å². The highest BCUT2D eigenvalue weighted by molar-refractivity contribution is 5.78. The summed E-state index contributed by atoms with van der Waals surface area (Å²) in [6.07, 6.45) is 5.17. The number of rotatable bonds is 6. The van der Waals surface area contributed by atoms with E-state index in [1.54, 1.807) is 24.5 Å². The van der Waals surface area contributed by atoms with Crippen molar-refractivity contribution in [1.29, 1.82) is 0 Å². The number of amides is 1. The number of halogens is 1. The Balaban J connectivity index is 1.26. The molecule has 1 aromatic heterocycles. The molecule has 0 bridgehead atoms. The normalized spacial score (nSPS) is 21.3. The molecule has 8 heteroatoms. The molecule has 1 aromatic carbocycles. The minimum absolute atomic E-state index is 0.0351. The van der Waals surface area contributed by atoms with Crippen LogP contribution in [0.5, 0.6) is 5.75 Å². The average molecular weight is 400 g/mol. The molecule has 7 nitrogen and oxygen atoms in total. The van der Waals surface area contributed by atoms with Gasteiger partial charge < -0.3 is 14.4 Å². The highest BCUT2D eigenvalue weighted by Crippen LogP contribution is 2.21. The van der Waals surface area contributed by atoms with Crippen LogP contribution in [0.4, 0.5) is 4.39 Å². The molecule has 2 aromatic rings. The minimum Gasteiger partial charge on any atom is -0.491 e. The Kier molecular flexibility index (Phi) is 6.31. The van der Waals surface area contributed by atoms with E-state index in [9.17, 15) is 9.18 Å². The molecular weight excluding hydrogens is 375 g/mol. The van der Waals surface area contributed by atoms with Gasteiger partial charge in [-0.05, 0) is 43.2 Å². The first-order valence-electron chi connectivity index (χ1n) is 9.95. The lowest BCUT2D eigenvalue weighted by atomic mass is 10.0. The van der Waals surface area contributed by atoms with E-state index in [0.717, 1.165) is 38.3 Å². The Morgan fingerprint density at radius 2 is 1.86 bits per heavy atom. The van der Waals surface area contributed by atoms with Gasteiger partial charge in [-0.2, -0.15) is 0 Å². The molecule has 0 saturated carbocycles. The molecule has 0 spiro atoms.